The molecule has 1 rings (SSSR count). The van der Waals surface area contributed by atoms with Crippen molar-refractivity contribution in [1.29, 1.82) is 0 Å². The standard InChI is InChI=1S/C12H16N2.CH3F/c1-9(2)14(13-5)12-10(3)7-6-8-11(12)4;1-2/h6-8H,1,5H2,2-4H3;1H3. The molecule has 0 heterocycles. The summed E-state index contributed by atoms with van der Waals surface area (Å²) in [7, 11) is 0.500. The Bertz CT molecular complexity index is 352. The monoisotopic (exact) mass is 222 g/mol. The minimum atomic E-state index is 0.500. The number of anilines is 1. The van der Waals surface area contributed by atoms with Crippen LogP contribution in [0.25, 0.3) is 0 Å². The topological polar surface area (TPSA) is 15.6 Å². The molecule has 0 amide bonds. The molecule has 16 heavy (non-hydrogen) atoms. The lowest BCUT2D eigenvalue weighted by molar-refractivity contribution is 0.636. The minimum absolute atomic E-state index is 0.500. The summed E-state index contributed by atoms with van der Waals surface area (Å²) in [5.41, 5.74) is 4.31. The molecule has 0 radical (unpaired) electrons. The predicted octanol–water partition coefficient (Wildman–Crippen LogP) is 3.84. The molecule has 1 aromatic rings. The van der Waals surface area contributed by atoms with Gasteiger partial charge < -0.3 is 0 Å². The van der Waals surface area contributed by atoms with Gasteiger partial charge in [0.1, 0.15) is 0 Å². The molecule has 0 N–H and O–H groups in total. The van der Waals surface area contributed by atoms with Gasteiger partial charge in [0.15, 0.2) is 0 Å². The fourth-order valence-corrected chi connectivity index (χ4v) is 1.52. The second-order valence-corrected chi connectivity index (χ2v) is 3.43. The van der Waals surface area contributed by atoms with Gasteiger partial charge in [0.25, 0.3) is 0 Å². The zero-order valence-corrected chi connectivity index (χ0v) is 10.4. The van der Waals surface area contributed by atoms with Crippen LogP contribution in [0.5, 0.6) is 0 Å². The van der Waals surface area contributed by atoms with Crippen LogP contribution in [0.1, 0.15) is 18.1 Å². The van der Waals surface area contributed by atoms with Crippen LogP contribution in [-0.2, 0) is 0 Å². The highest BCUT2D eigenvalue weighted by Crippen LogP contribution is 2.26. The molecule has 0 saturated carbocycles. The van der Waals surface area contributed by atoms with Gasteiger partial charge in [-0.15, -0.1) is 0 Å². The molecule has 0 spiro atoms. The van der Waals surface area contributed by atoms with E-state index in [2.05, 4.69) is 44.4 Å². The van der Waals surface area contributed by atoms with Gasteiger partial charge >= 0.3 is 0 Å². The molecule has 0 saturated heterocycles. The van der Waals surface area contributed by atoms with E-state index in [1.54, 1.807) is 5.01 Å². The zero-order valence-electron chi connectivity index (χ0n) is 10.4. The molecular formula is C13H19FN2. The Hall–Kier alpha value is -1.64. The lowest BCUT2D eigenvalue weighted by Crippen LogP contribution is -2.14. The Labute approximate surface area is 97.1 Å². The first-order valence-corrected chi connectivity index (χ1v) is 4.94. The first kappa shape index (κ1) is 14.4. The fraction of sp³-hybridized carbons (Fsp3) is 0.308. The number of halogens is 1. The number of nitrogens with zero attached hydrogens (tertiary/aromatic N) is 2. The number of hydrazone groups is 1. The van der Waals surface area contributed by atoms with E-state index in [0.29, 0.717) is 7.18 Å². The van der Waals surface area contributed by atoms with E-state index in [-0.39, 0.29) is 0 Å². The van der Waals surface area contributed by atoms with Gasteiger partial charge in [-0.25, -0.2) is 5.01 Å². The van der Waals surface area contributed by atoms with E-state index >= 15 is 0 Å². The molecular weight excluding hydrogens is 203 g/mol. The summed E-state index contributed by atoms with van der Waals surface area (Å²) in [6.45, 7) is 13.5. The second kappa shape index (κ2) is 6.77. The van der Waals surface area contributed by atoms with Crippen LogP contribution in [0.2, 0.25) is 0 Å². The first-order valence-electron chi connectivity index (χ1n) is 4.94. The Kier molecular flexibility index (Phi) is 6.08. The number of para-hydroxylation sites is 1. The molecule has 2 nitrogen and oxygen atoms in total. The number of hydrogen-bond acceptors (Lipinski definition) is 2. The van der Waals surface area contributed by atoms with Crippen LogP contribution in [0.15, 0.2) is 35.6 Å². The van der Waals surface area contributed by atoms with E-state index in [1.807, 2.05) is 13.0 Å². The third-order valence-electron chi connectivity index (χ3n) is 2.15. The summed E-state index contributed by atoms with van der Waals surface area (Å²) in [5, 5.41) is 5.73. The lowest BCUT2D eigenvalue weighted by Gasteiger charge is -2.22. The average molecular weight is 222 g/mol. The molecule has 0 aliphatic carbocycles. The summed E-state index contributed by atoms with van der Waals surface area (Å²) in [6.07, 6.45) is 0. The maximum atomic E-state index is 9.50. The van der Waals surface area contributed by atoms with Crippen molar-refractivity contribution in [2.24, 2.45) is 5.10 Å². The molecule has 1 aromatic carbocycles. The van der Waals surface area contributed by atoms with Crippen LogP contribution in [0.4, 0.5) is 10.1 Å². The number of aryl methyl sites for hydroxylation is 2. The van der Waals surface area contributed by atoms with Crippen molar-refractivity contribution in [3.05, 3.63) is 41.6 Å². The molecule has 0 aliphatic heterocycles. The van der Waals surface area contributed by atoms with Crippen molar-refractivity contribution in [3.63, 3.8) is 0 Å². The Balaban J connectivity index is 0.00000106. The SMILES string of the molecule is C=NN(C(=C)C)c1c(C)cccc1C.CF. The summed E-state index contributed by atoms with van der Waals surface area (Å²) >= 11 is 0. The maximum Gasteiger partial charge on any atom is 0.0785 e. The highest BCUT2D eigenvalue weighted by Gasteiger charge is 2.10. The highest BCUT2D eigenvalue weighted by atomic mass is 19.1. The van der Waals surface area contributed by atoms with Crippen LogP contribution in [0.3, 0.4) is 0 Å². The fourth-order valence-electron chi connectivity index (χ4n) is 1.52. The first-order chi connectivity index (χ1) is 7.57. The molecule has 0 fully saturated rings. The van der Waals surface area contributed by atoms with Crippen LogP contribution in [-0.4, -0.2) is 13.9 Å². The number of benzene rings is 1. The van der Waals surface area contributed by atoms with Crippen molar-refractivity contribution in [2.45, 2.75) is 20.8 Å². The van der Waals surface area contributed by atoms with Gasteiger partial charge in [-0.1, -0.05) is 24.8 Å². The van der Waals surface area contributed by atoms with Crippen molar-refractivity contribution in [3.8, 4) is 0 Å². The minimum Gasteiger partial charge on any atom is -0.255 e. The number of hydrogen-bond donors (Lipinski definition) is 0. The predicted molar refractivity (Wildman–Crippen MR) is 69.8 cm³/mol. The van der Waals surface area contributed by atoms with Gasteiger partial charge in [0.2, 0.25) is 0 Å². The Morgan fingerprint density at radius 2 is 1.69 bits per heavy atom. The van der Waals surface area contributed by atoms with Crippen LogP contribution in [0, 0.1) is 13.8 Å². The summed E-state index contributed by atoms with van der Waals surface area (Å²) in [4.78, 5) is 0. The van der Waals surface area contributed by atoms with E-state index in [1.165, 1.54) is 11.1 Å². The third-order valence-corrected chi connectivity index (χ3v) is 2.15. The zero-order chi connectivity index (χ0) is 12.7. The average Bonchev–Trinajstić information content (AvgIpc) is 2.26. The van der Waals surface area contributed by atoms with E-state index in [0.717, 1.165) is 11.4 Å². The molecule has 0 atom stereocenters. The molecule has 0 bridgehead atoms. The Morgan fingerprint density at radius 1 is 1.25 bits per heavy atom. The smallest absolute Gasteiger partial charge is 0.0785 e. The Morgan fingerprint density at radius 3 is 2.00 bits per heavy atom. The van der Waals surface area contributed by atoms with Crippen molar-refractivity contribution < 1.29 is 4.39 Å². The van der Waals surface area contributed by atoms with E-state index in [4.69, 9.17) is 0 Å². The maximum absolute atomic E-state index is 9.50. The van der Waals surface area contributed by atoms with Crippen LogP contribution >= 0.6 is 0 Å². The molecule has 3 heteroatoms. The second-order valence-electron chi connectivity index (χ2n) is 3.43. The van der Waals surface area contributed by atoms with Crippen molar-refractivity contribution in [1.82, 2.24) is 0 Å². The molecule has 0 aliphatic rings. The number of allylic oxidation sites excluding steroid dienone is 1. The summed E-state index contributed by atoms with van der Waals surface area (Å²) in [5.74, 6) is 0. The third kappa shape index (κ3) is 3.19. The highest BCUT2D eigenvalue weighted by molar-refractivity contribution is 5.62. The van der Waals surface area contributed by atoms with Crippen molar-refractivity contribution >= 4 is 12.4 Å². The summed E-state index contributed by atoms with van der Waals surface area (Å²) < 4.78 is 9.50. The van der Waals surface area contributed by atoms with Gasteiger partial charge in [-0.3, -0.25) is 4.39 Å². The van der Waals surface area contributed by atoms with Gasteiger partial charge in [0, 0.05) is 12.4 Å². The quantitative estimate of drug-likeness (QED) is 0.560. The van der Waals surface area contributed by atoms with Gasteiger partial charge in [-0.05, 0) is 31.9 Å². The van der Waals surface area contributed by atoms with E-state index in [9.17, 15) is 4.39 Å². The normalized spacial score (nSPS) is 8.81. The number of rotatable bonds is 3. The van der Waals surface area contributed by atoms with Crippen LogP contribution < -0.4 is 5.01 Å². The molecule has 0 aromatic heterocycles. The number of alkyl halides is 1. The molecule has 88 valence electrons. The lowest BCUT2D eigenvalue weighted by atomic mass is 10.1. The summed E-state index contributed by atoms with van der Waals surface area (Å²) in [6, 6.07) is 6.15. The van der Waals surface area contributed by atoms with E-state index < -0.39 is 0 Å². The van der Waals surface area contributed by atoms with Gasteiger partial charge in [0.05, 0.1) is 12.9 Å². The van der Waals surface area contributed by atoms with Crippen molar-refractivity contribution in [2.75, 3.05) is 12.2 Å². The van der Waals surface area contributed by atoms with Gasteiger partial charge in [-0.2, -0.15) is 5.10 Å². The largest absolute Gasteiger partial charge is 0.255 e. The molecule has 0 unspecified atom stereocenters.